The van der Waals surface area contributed by atoms with Gasteiger partial charge in [-0.05, 0) is 35.4 Å². The Morgan fingerprint density at radius 1 is 1.05 bits per heavy atom. The maximum Gasteiger partial charge on any atom is 0.0434 e. The Kier molecular flexibility index (Phi) is 5.54. The van der Waals surface area contributed by atoms with Gasteiger partial charge in [-0.1, -0.05) is 57.2 Å². The highest BCUT2D eigenvalue weighted by Crippen LogP contribution is 2.22. The fraction of sp³-hybridized carbons (Fsp3) is 0.444. The molecule has 2 nitrogen and oxygen atoms in total. The molecule has 0 aromatic heterocycles. The third kappa shape index (κ3) is 3.92. The van der Waals surface area contributed by atoms with Crippen LogP contribution in [0.25, 0.3) is 10.8 Å². The van der Waals surface area contributed by atoms with E-state index in [-0.39, 0.29) is 11.3 Å². The van der Waals surface area contributed by atoms with Crippen LogP contribution in [0, 0.1) is 5.92 Å². The number of benzene rings is 2. The molecule has 0 aliphatic rings. The van der Waals surface area contributed by atoms with E-state index >= 15 is 0 Å². The van der Waals surface area contributed by atoms with Gasteiger partial charge in [-0.3, -0.25) is 4.21 Å². The summed E-state index contributed by atoms with van der Waals surface area (Å²) in [5.41, 5.74) is 1.21. The van der Waals surface area contributed by atoms with Crippen LogP contribution in [0.5, 0.6) is 0 Å². The second kappa shape index (κ2) is 7.19. The van der Waals surface area contributed by atoms with E-state index < -0.39 is 10.8 Å². The van der Waals surface area contributed by atoms with Crippen LogP contribution >= 0.6 is 0 Å². The smallest absolute Gasteiger partial charge is 0.0434 e. The van der Waals surface area contributed by atoms with Crippen molar-refractivity contribution in [3.8, 4) is 0 Å². The van der Waals surface area contributed by atoms with Crippen LogP contribution in [0.3, 0.4) is 0 Å². The third-order valence-corrected chi connectivity index (χ3v) is 6.24. The van der Waals surface area contributed by atoms with E-state index in [0.717, 1.165) is 0 Å². The summed E-state index contributed by atoms with van der Waals surface area (Å²) in [6.45, 7) is 6.34. The molecular formula is C18H25NOS. The highest BCUT2D eigenvalue weighted by atomic mass is 32.2. The number of nitrogens with one attached hydrogen (secondary N) is 1. The molecule has 3 unspecified atom stereocenters. The average Bonchev–Trinajstić information content (AvgIpc) is 2.51. The molecule has 0 aliphatic carbocycles. The first-order valence-corrected chi connectivity index (χ1v) is 8.94. The van der Waals surface area contributed by atoms with Gasteiger partial charge in [0.15, 0.2) is 0 Å². The van der Waals surface area contributed by atoms with E-state index in [1.165, 1.54) is 16.3 Å². The third-order valence-electron chi connectivity index (χ3n) is 4.21. The summed E-state index contributed by atoms with van der Waals surface area (Å²) in [6.07, 6.45) is 0. The maximum atomic E-state index is 12.5. The quantitative estimate of drug-likeness (QED) is 0.877. The normalized spacial score (nSPS) is 16.0. The Hall–Kier alpha value is -1.19. The molecule has 2 rings (SSSR count). The van der Waals surface area contributed by atoms with Crippen molar-refractivity contribution in [2.24, 2.45) is 5.92 Å². The SMILES string of the molecule is CNC(CS(=O)C(C)C(C)C)c1ccc2ccccc2c1. The number of fused-ring (bicyclic) bond motifs is 1. The van der Waals surface area contributed by atoms with E-state index in [1.54, 1.807) is 0 Å². The first kappa shape index (κ1) is 16.2. The standard InChI is InChI=1S/C18H25NOS/c1-13(2)14(3)21(20)12-18(19-4)17-10-9-15-7-5-6-8-16(15)11-17/h5-11,13-14,18-19H,12H2,1-4H3. The van der Waals surface area contributed by atoms with Gasteiger partial charge in [0.1, 0.15) is 0 Å². The van der Waals surface area contributed by atoms with Gasteiger partial charge < -0.3 is 5.32 Å². The molecule has 0 saturated heterocycles. The summed E-state index contributed by atoms with van der Waals surface area (Å²) in [7, 11) is 1.12. The molecule has 3 heteroatoms. The van der Waals surface area contributed by atoms with Crippen LogP contribution in [-0.4, -0.2) is 22.3 Å². The van der Waals surface area contributed by atoms with Crippen LogP contribution in [0.15, 0.2) is 42.5 Å². The van der Waals surface area contributed by atoms with Crippen LogP contribution < -0.4 is 5.32 Å². The molecule has 0 radical (unpaired) electrons. The zero-order chi connectivity index (χ0) is 15.4. The predicted molar refractivity (Wildman–Crippen MR) is 93.1 cm³/mol. The number of hydrogen-bond acceptors (Lipinski definition) is 2. The minimum atomic E-state index is -0.822. The van der Waals surface area contributed by atoms with Gasteiger partial charge in [-0.15, -0.1) is 0 Å². The highest BCUT2D eigenvalue weighted by Gasteiger charge is 2.20. The molecule has 0 bridgehead atoms. The van der Waals surface area contributed by atoms with Crippen molar-refractivity contribution in [2.75, 3.05) is 12.8 Å². The van der Waals surface area contributed by atoms with Crippen molar-refractivity contribution < 1.29 is 4.21 Å². The monoisotopic (exact) mass is 303 g/mol. The van der Waals surface area contributed by atoms with Crippen molar-refractivity contribution in [1.29, 1.82) is 0 Å². The molecule has 3 atom stereocenters. The van der Waals surface area contributed by atoms with Crippen LogP contribution in [-0.2, 0) is 10.8 Å². The van der Waals surface area contributed by atoms with Gasteiger partial charge in [0, 0.05) is 27.8 Å². The van der Waals surface area contributed by atoms with Gasteiger partial charge >= 0.3 is 0 Å². The molecule has 1 N–H and O–H groups in total. The average molecular weight is 303 g/mol. The van der Waals surface area contributed by atoms with E-state index in [4.69, 9.17) is 0 Å². The molecule has 0 spiro atoms. The molecule has 0 saturated carbocycles. The Morgan fingerprint density at radius 2 is 1.71 bits per heavy atom. The lowest BCUT2D eigenvalue weighted by molar-refractivity contribution is 0.590. The fourth-order valence-corrected chi connectivity index (χ4v) is 3.99. The lowest BCUT2D eigenvalue weighted by Gasteiger charge is -2.21. The summed E-state index contributed by atoms with van der Waals surface area (Å²) in [5.74, 6) is 1.11. The highest BCUT2D eigenvalue weighted by molar-refractivity contribution is 7.85. The Bertz CT molecular complexity index is 623. The molecule has 114 valence electrons. The minimum Gasteiger partial charge on any atom is -0.312 e. The second-order valence-corrected chi connectivity index (χ2v) is 7.78. The van der Waals surface area contributed by atoms with Crippen molar-refractivity contribution in [1.82, 2.24) is 5.32 Å². The zero-order valence-electron chi connectivity index (χ0n) is 13.3. The molecule has 2 aromatic carbocycles. The summed E-state index contributed by atoms with van der Waals surface area (Å²) in [5, 5.41) is 6.02. The van der Waals surface area contributed by atoms with E-state index in [9.17, 15) is 4.21 Å². The molecule has 0 aliphatic heterocycles. The molecule has 0 heterocycles. The minimum absolute atomic E-state index is 0.136. The Morgan fingerprint density at radius 3 is 2.33 bits per heavy atom. The zero-order valence-corrected chi connectivity index (χ0v) is 14.1. The van der Waals surface area contributed by atoms with Gasteiger partial charge in [0.05, 0.1) is 0 Å². The largest absolute Gasteiger partial charge is 0.312 e. The summed E-state index contributed by atoms with van der Waals surface area (Å²) >= 11 is 0. The van der Waals surface area contributed by atoms with Crippen molar-refractivity contribution in [3.63, 3.8) is 0 Å². The van der Waals surface area contributed by atoms with Crippen molar-refractivity contribution >= 4 is 21.6 Å². The fourth-order valence-electron chi connectivity index (χ4n) is 2.39. The molecule has 21 heavy (non-hydrogen) atoms. The predicted octanol–water partition coefficient (Wildman–Crippen LogP) is 3.89. The molecule has 2 aromatic rings. The summed E-state index contributed by atoms with van der Waals surface area (Å²) in [6, 6.07) is 15.0. The molecule has 0 fully saturated rings. The number of rotatable bonds is 6. The maximum absolute atomic E-state index is 12.5. The topological polar surface area (TPSA) is 29.1 Å². The van der Waals surface area contributed by atoms with Crippen molar-refractivity contribution in [3.05, 3.63) is 48.0 Å². The molecular weight excluding hydrogens is 278 g/mol. The van der Waals surface area contributed by atoms with Crippen molar-refractivity contribution in [2.45, 2.75) is 32.1 Å². The Balaban J connectivity index is 2.21. The first-order chi connectivity index (χ1) is 10.0. The first-order valence-electron chi connectivity index (χ1n) is 7.56. The van der Waals surface area contributed by atoms with E-state index in [0.29, 0.717) is 11.7 Å². The van der Waals surface area contributed by atoms with Gasteiger partial charge in [0.2, 0.25) is 0 Å². The lowest BCUT2D eigenvalue weighted by Crippen LogP contribution is -2.28. The lowest BCUT2D eigenvalue weighted by atomic mass is 10.0. The molecule has 0 amide bonds. The van der Waals surface area contributed by atoms with E-state index in [1.807, 2.05) is 7.05 Å². The van der Waals surface area contributed by atoms with E-state index in [2.05, 4.69) is 68.6 Å². The van der Waals surface area contributed by atoms with Crippen LogP contribution in [0.1, 0.15) is 32.4 Å². The Labute approximate surface area is 130 Å². The van der Waals surface area contributed by atoms with Gasteiger partial charge in [0.25, 0.3) is 0 Å². The van der Waals surface area contributed by atoms with Crippen LogP contribution in [0.2, 0.25) is 0 Å². The van der Waals surface area contributed by atoms with Crippen LogP contribution in [0.4, 0.5) is 0 Å². The van der Waals surface area contributed by atoms with Gasteiger partial charge in [-0.25, -0.2) is 0 Å². The summed E-state index contributed by atoms with van der Waals surface area (Å²) in [4.78, 5) is 0. The number of hydrogen-bond donors (Lipinski definition) is 1. The summed E-state index contributed by atoms with van der Waals surface area (Å²) < 4.78 is 12.5. The van der Waals surface area contributed by atoms with Gasteiger partial charge in [-0.2, -0.15) is 0 Å². The second-order valence-electron chi connectivity index (χ2n) is 5.94.